The molecule has 5 nitrogen and oxygen atoms in total. The van der Waals surface area contributed by atoms with Crippen molar-refractivity contribution in [2.24, 2.45) is 0 Å². The molecule has 138 valence electrons. The topological polar surface area (TPSA) is 49.3 Å². The molecule has 2 aromatic heterocycles. The van der Waals surface area contributed by atoms with Gasteiger partial charge in [0.15, 0.2) is 0 Å². The SMILES string of the molecule is Cc1cccc(N2CCN(C(=O)c3csc(-c4cccnc4)n3)CC2)c1C. The molecule has 0 bridgehead atoms. The van der Waals surface area contributed by atoms with Crippen molar-refractivity contribution in [3.05, 3.63) is 64.9 Å². The third-order valence-electron chi connectivity index (χ3n) is 5.12. The molecule has 1 fully saturated rings. The van der Waals surface area contributed by atoms with Gasteiger partial charge in [-0.15, -0.1) is 11.3 Å². The van der Waals surface area contributed by atoms with Gasteiger partial charge in [0.1, 0.15) is 10.7 Å². The maximum absolute atomic E-state index is 12.8. The summed E-state index contributed by atoms with van der Waals surface area (Å²) in [6.07, 6.45) is 3.51. The van der Waals surface area contributed by atoms with Crippen LogP contribution < -0.4 is 4.90 Å². The molecule has 0 aliphatic carbocycles. The van der Waals surface area contributed by atoms with Crippen LogP contribution in [0.2, 0.25) is 0 Å². The summed E-state index contributed by atoms with van der Waals surface area (Å²) in [7, 11) is 0. The number of aromatic nitrogens is 2. The van der Waals surface area contributed by atoms with Crippen LogP contribution in [0.25, 0.3) is 10.6 Å². The lowest BCUT2D eigenvalue weighted by Gasteiger charge is -2.36. The molecule has 1 aliphatic heterocycles. The molecule has 0 saturated carbocycles. The van der Waals surface area contributed by atoms with Crippen LogP contribution in [0.3, 0.4) is 0 Å². The molecule has 0 N–H and O–H groups in total. The molecular formula is C21H22N4OS. The quantitative estimate of drug-likeness (QED) is 0.696. The van der Waals surface area contributed by atoms with E-state index < -0.39 is 0 Å². The molecule has 1 aromatic carbocycles. The number of benzene rings is 1. The smallest absolute Gasteiger partial charge is 0.273 e. The van der Waals surface area contributed by atoms with E-state index in [2.05, 4.69) is 46.9 Å². The molecule has 3 heterocycles. The van der Waals surface area contributed by atoms with Crippen molar-refractivity contribution in [2.75, 3.05) is 31.1 Å². The molecule has 1 aliphatic rings. The van der Waals surface area contributed by atoms with Crippen LogP contribution in [0.4, 0.5) is 5.69 Å². The number of amides is 1. The van der Waals surface area contributed by atoms with Crippen molar-refractivity contribution in [2.45, 2.75) is 13.8 Å². The minimum Gasteiger partial charge on any atom is -0.368 e. The van der Waals surface area contributed by atoms with Gasteiger partial charge in [-0.25, -0.2) is 4.98 Å². The van der Waals surface area contributed by atoms with E-state index in [0.717, 1.165) is 23.7 Å². The highest BCUT2D eigenvalue weighted by molar-refractivity contribution is 7.13. The fourth-order valence-electron chi connectivity index (χ4n) is 3.38. The van der Waals surface area contributed by atoms with Gasteiger partial charge in [-0.3, -0.25) is 9.78 Å². The third kappa shape index (κ3) is 3.57. The number of carbonyl (C=O) groups is 1. The molecule has 0 atom stereocenters. The highest BCUT2D eigenvalue weighted by atomic mass is 32.1. The van der Waals surface area contributed by atoms with E-state index >= 15 is 0 Å². The first kappa shape index (κ1) is 17.7. The van der Waals surface area contributed by atoms with Gasteiger partial charge in [-0.1, -0.05) is 12.1 Å². The number of hydrogen-bond acceptors (Lipinski definition) is 5. The van der Waals surface area contributed by atoms with Gasteiger partial charge in [-0.2, -0.15) is 0 Å². The number of nitrogens with zero attached hydrogens (tertiary/aromatic N) is 4. The lowest BCUT2D eigenvalue weighted by Crippen LogP contribution is -2.49. The number of thiazole rings is 1. The summed E-state index contributed by atoms with van der Waals surface area (Å²) < 4.78 is 0. The summed E-state index contributed by atoms with van der Waals surface area (Å²) in [5, 5.41) is 2.68. The summed E-state index contributed by atoms with van der Waals surface area (Å²) in [5.74, 6) is 0.0157. The maximum atomic E-state index is 12.8. The molecule has 0 radical (unpaired) electrons. The van der Waals surface area contributed by atoms with E-state index in [1.807, 2.05) is 22.4 Å². The highest BCUT2D eigenvalue weighted by Gasteiger charge is 2.25. The lowest BCUT2D eigenvalue weighted by atomic mass is 10.1. The summed E-state index contributed by atoms with van der Waals surface area (Å²) >= 11 is 1.49. The highest BCUT2D eigenvalue weighted by Crippen LogP contribution is 2.26. The molecule has 6 heteroatoms. The number of anilines is 1. The zero-order chi connectivity index (χ0) is 18.8. The zero-order valence-electron chi connectivity index (χ0n) is 15.6. The minimum atomic E-state index is 0.0157. The van der Waals surface area contributed by atoms with Crippen molar-refractivity contribution < 1.29 is 4.79 Å². The summed E-state index contributed by atoms with van der Waals surface area (Å²) in [6.45, 7) is 7.42. The zero-order valence-corrected chi connectivity index (χ0v) is 16.4. The van der Waals surface area contributed by atoms with Crippen molar-refractivity contribution >= 4 is 22.9 Å². The van der Waals surface area contributed by atoms with Crippen LogP contribution in [0, 0.1) is 13.8 Å². The molecule has 0 spiro atoms. The number of aryl methyl sites for hydroxylation is 1. The minimum absolute atomic E-state index is 0.0157. The number of piperazine rings is 1. The number of rotatable bonds is 3. The Morgan fingerprint density at radius 3 is 2.63 bits per heavy atom. The molecule has 1 amide bonds. The lowest BCUT2D eigenvalue weighted by molar-refractivity contribution is 0.0742. The number of hydrogen-bond donors (Lipinski definition) is 0. The first-order valence-corrected chi connectivity index (χ1v) is 9.98. The van der Waals surface area contributed by atoms with E-state index in [0.29, 0.717) is 18.8 Å². The summed E-state index contributed by atoms with van der Waals surface area (Å²) in [5.41, 5.74) is 5.37. The Labute approximate surface area is 163 Å². The standard InChI is InChI=1S/C21H22N4OS/c1-15-5-3-7-19(16(15)2)24-9-11-25(12-10-24)21(26)18-14-27-20(23-18)17-6-4-8-22-13-17/h3-8,13-14H,9-12H2,1-2H3. The monoisotopic (exact) mass is 378 g/mol. The van der Waals surface area contributed by atoms with E-state index in [4.69, 9.17) is 0 Å². The van der Waals surface area contributed by atoms with Crippen LogP contribution in [0.15, 0.2) is 48.1 Å². The maximum Gasteiger partial charge on any atom is 0.273 e. The van der Waals surface area contributed by atoms with Gasteiger partial charge >= 0.3 is 0 Å². The van der Waals surface area contributed by atoms with Crippen molar-refractivity contribution in [3.8, 4) is 10.6 Å². The van der Waals surface area contributed by atoms with Gasteiger partial charge in [0.2, 0.25) is 0 Å². The number of carbonyl (C=O) groups excluding carboxylic acids is 1. The second-order valence-electron chi connectivity index (χ2n) is 6.78. The molecule has 0 unspecified atom stereocenters. The Morgan fingerprint density at radius 2 is 1.89 bits per heavy atom. The van der Waals surface area contributed by atoms with Crippen LogP contribution in [0.5, 0.6) is 0 Å². The summed E-state index contributed by atoms with van der Waals surface area (Å²) in [6, 6.07) is 10.2. The molecule has 1 saturated heterocycles. The van der Waals surface area contributed by atoms with Crippen molar-refractivity contribution in [1.29, 1.82) is 0 Å². The Balaban J connectivity index is 1.43. The van der Waals surface area contributed by atoms with Crippen LogP contribution in [-0.4, -0.2) is 47.0 Å². The molecule has 3 aromatic rings. The first-order valence-electron chi connectivity index (χ1n) is 9.10. The van der Waals surface area contributed by atoms with Gasteiger partial charge in [-0.05, 0) is 43.2 Å². The average Bonchev–Trinajstić information content (AvgIpc) is 3.21. The first-order chi connectivity index (χ1) is 13.1. The van der Waals surface area contributed by atoms with Crippen LogP contribution >= 0.6 is 11.3 Å². The summed E-state index contributed by atoms with van der Waals surface area (Å²) in [4.78, 5) is 25.8. The number of pyridine rings is 1. The fraction of sp³-hybridized carbons (Fsp3) is 0.286. The van der Waals surface area contributed by atoms with Gasteiger partial charge < -0.3 is 9.80 Å². The van der Waals surface area contributed by atoms with Gasteiger partial charge in [0.05, 0.1) is 0 Å². The predicted octanol–water partition coefficient (Wildman–Crippen LogP) is 3.78. The Morgan fingerprint density at radius 1 is 1.07 bits per heavy atom. The van der Waals surface area contributed by atoms with Crippen molar-refractivity contribution in [1.82, 2.24) is 14.9 Å². The largest absolute Gasteiger partial charge is 0.368 e. The van der Waals surface area contributed by atoms with Crippen molar-refractivity contribution in [3.63, 3.8) is 0 Å². The Kier molecular flexibility index (Phi) is 4.90. The predicted molar refractivity (Wildman–Crippen MR) is 109 cm³/mol. The average molecular weight is 379 g/mol. The fourth-order valence-corrected chi connectivity index (χ4v) is 4.17. The van der Waals surface area contributed by atoms with E-state index in [1.54, 1.807) is 12.4 Å². The second-order valence-corrected chi connectivity index (χ2v) is 7.64. The normalized spacial score (nSPS) is 14.4. The molecule has 27 heavy (non-hydrogen) atoms. The molecular weight excluding hydrogens is 356 g/mol. The van der Waals surface area contributed by atoms with Crippen LogP contribution in [-0.2, 0) is 0 Å². The second kappa shape index (κ2) is 7.48. The van der Waals surface area contributed by atoms with E-state index in [1.165, 1.54) is 28.2 Å². The Hall–Kier alpha value is -2.73. The Bertz CT molecular complexity index is 946. The third-order valence-corrected chi connectivity index (χ3v) is 6.01. The van der Waals surface area contributed by atoms with Gasteiger partial charge in [0.25, 0.3) is 5.91 Å². The van der Waals surface area contributed by atoms with E-state index in [9.17, 15) is 4.79 Å². The van der Waals surface area contributed by atoms with Crippen LogP contribution in [0.1, 0.15) is 21.6 Å². The molecule has 4 rings (SSSR count). The van der Waals surface area contributed by atoms with E-state index in [-0.39, 0.29) is 5.91 Å². The van der Waals surface area contributed by atoms with Gasteiger partial charge in [0, 0.05) is 55.2 Å².